The molecule has 0 amide bonds. The maximum Gasteiger partial charge on any atom is 0.387 e. The van der Waals surface area contributed by atoms with Crippen molar-refractivity contribution in [2.75, 3.05) is 18.6 Å². The minimum absolute atomic E-state index is 0.0574. The van der Waals surface area contributed by atoms with E-state index in [0.29, 0.717) is 23.5 Å². The fourth-order valence-corrected chi connectivity index (χ4v) is 2.83. The number of methoxy groups -OCH3 is 1. The van der Waals surface area contributed by atoms with Crippen LogP contribution in [0.25, 0.3) is 0 Å². The first-order valence-electron chi connectivity index (χ1n) is 9.06. The van der Waals surface area contributed by atoms with Gasteiger partial charge in [-0.15, -0.1) is 0 Å². The fourth-order valence-electron chi connectivity index (χ4n) is 2.83. The van der Waals surface area contributed by atoms with Gasteiger partial charge in [-0.05, 0) is 43.3 Å². The molecule has 0 aliphatic heterocycles. The highest BCUT2D eigenvalue weighted by atomic mass is 19.3. The van der Waals surface area contributed by atoms with E-state index in [1.165, 1.54) is 25.8 Å². The van der Waals surface area contributed by atoms with Crippen molar-refractivity contribution in [2.24, 2.45) is 0 Å². The molecule has 30 heavy (non-hydrogen) atoms. The largest absolute Gasteiger partial charge is 0.490 e. The molecule has 0 spiro atoms. The standard InChI is InChI=1S/C21H20F2N2O5/c1-3-29-19-10-17(8-9-18(19)30-21(22)23)25(11-15-12-28-13-24-15)16-6-4-14(5-7-16)20(26)27-2/h4-10,12-13,21H,3,11H2,1-2H3. The average Bonchev–Trinajstić information content (AvgIpc) is 3.26. The van der Waals surface area contributed by atoms with Crippen LogP contribution < -0.4 is 14.4 Å². The minimum Gasteiger partial charge on any atom is -0.490 e. The van der Waals surface area contributed by atoms with Gasteiger partial charge in [0, 0.05) is 17.4 Å². The molecule has 0 unspecified atom stereocenters. The van der Waals surface area contributed by atoms with E-state index in [1.807, 2.05) is 4.90 Å². The van der Waals surface area contributed by atoms with Gasteiger partial charge in [-0.25, -0.2) is 9.78 Å². The Balaban J connectivity index is 1.99. The number of hydrogen-bond donors (Lipinski definition) is 0. The van der Waals surface area contributed by atoms with Crippen LogP contribution in [-0.4, -0.2) is 31.3 Å². The van der Waals surface area contributed by atoms with E-state index in [-0.39, 0.29) is 18.1 Å². The molecule has 3 aromatic rings. The molecule has 9 heteroatoms. The summed E-state index contributed by atoms with van der Waals surface area (Å²) in [5, 5.41) is 0. The van der Waals surface area contributed by atoms with Crippen molar-refractivity contribution in [1.29, 1.82) is 0 Å². The van der Waals surface area contributed by atoms with E-state index in [2.05, 4.69) is 9.72 Å². The second-order valence-electron chi connectivity index (χ2n) is 6.05. The quantitative estimate of drug-likeness (QED) is 0.462. The predicted octanol–water partition coefficient (Wildman–Crippen LogP) is 4.80. The summed E-state index contributed by atoms with van der Waals surface area (Å²) in [4.78, 5) is 17.7. The van der Waals surface area contributed by atoms with Crippen molar-refractivity contribution in [3.8, 4) is 11.5 Å². The summed E-state index contributed by atoms with van der Waals surface area (Å²) in [5.41, 5.74) is 2.43. The molecule has 3 rings (SSSR count). The lowest BCUT2D eigenvalue weighted by Gasteiger charge is -2.25. The first-order chi connectivity index (χ1) is 14.5. The monoisotopic (exact) mass is 418 g/mol. The fraction of sp³-hybridized carbons (Fsp3) is 0.238. The Bertz CT molecular complexity index is 962. The third-order valence-corrected chi connectivity index (χ3v) is 4.16. The second-order valence-corrected chi connectivity index (χ2v) is 6.05. The molecule has 0 bridgehead atoms. The van der Waals surface area contributed by atoms with Gasteiger partial charge in [-0.3, -0.25) is 0 Å². The maximum atomic E-state index is 12.7. The van der Waals surface area contributed by atoms with Crippen molar-refractivity contribution in [3.05, 3.63) is 66.4 Å². The van der Waals surface area contributed by atoms with Gasteiger partial charge in [0.2, 0.25) is 0 Å². The molecule has 0 saturated carbocycles. The Kier molecular flexibility index (Phi) is 6.84. The average molecular weight is 418 g/mol. The molecular formula is C21H20F2N2O5. The molecule has 1 heterocycles. The molecular weight excluding hydrogens is 398 g/mol. The van der Waals surface area contributed by atoms with E-state index >= 15 is 0 Å². The SMILES string of the molecule is CCOc1cc(N(Cc2cocn2)c2ccc(C(=O)OC)cc2)ccc1OC(F)F. The molecule has 7 nitrogen and oxygen atoms in total. The number of aromatic nitrogens is 1. The lowest BCUT2D eigenvalue weighted by Crippen LogP contribution is -2.17. The third kappa shape index (κ3) is 5.05. The van der Waals surface area contributed by atoms with E-state index in [1.54, 1.807) is 43.3 Å². The first kappa shape index (κ1) is 21.1. The van der Waals surface area contributed by atoms with Gasteiger partial charge >= 0.3 is 12.6 Å². The zero-order chi connectivity index (χ0) is 21.5. The van der Waals surface area contributed by atoms with Gasteiger partial charge in [0.25, 0.3) is 0 Å². The minimum atomic E-state index is -2.97. The zero-order valence-electron chi connectivity index (χ0n) is 16.4. The van der Waals surface area contributed by atoms with Crippen LogP contribution in [-0.2, 0) is 11.3 Å². The summed E-state index contributed by atoms with van der Waals surface area (Å²) < 4.78 is 45.2. The smallest absolute Gasteiger partial charge is 0.387 e. The van der Waals surface area contributed by atoms with Crippen molar-refractivity contribution in [2.45, 2.75) is 20.1 Å². The normalized spacial score (nSPS) is 10.7. The van der Waals surface area contributed by atoms with Crippen molar-refractivity contribution < 1.29 is 32.2 Å². The Labute approximate surface area is 171 Å². The van der Waals surface area contributed by atoms with E-state index < -0.39 is 12.6 Å². The Morgan fingerprint density at radius 3 is 2.47 bits per heavy atom. The van der Waals surface area contributed by atoms with Crippen molar-refractivity contribution >= 4 is 17.3 Å². The van der Waals surface area contributed by atoms with Crippen LogP contribution in [0.1, 0.15) is 23.0 Å². The van der Waals surface area contributed by atoms with Crippen LogP contribution in [0.3, 0.4) is 0 Å². The number of oxazole rings is 1. The molecule has 2 aromatic carbocycles. The molecule has 0 fully saturated rings. The number of hydrogen-bond acceptors (Lipinski definition) is 7. The van der Waals surface area contributed by atoms with Crippen LogP contribution in [0.15, 0.2) is 59.5 Å². The number of ether oxygens (including phenoxy) is 3. The van der Waals surface area contributed by atoms with Gasteiger partial charge in [0.15, 0.2) is 17.9 Å². The Morgan fingerprint density at radius 1 is 1.13 bits per heavy atom. The molecule has 0 saturated heterocycles. The zero-order valence-corrected chi connectivity index (χ0v) is 16.4. The van der Waals surface area contributed by atoms with Crippen molar-refractivity contribution in [1.82, 2.24) is 4.98 Å². The molecule has 0 aliphatic carbocycles. The highest BCUT2D eigenvalue weighted by Crippen LogP contribution is 2.36. The Hall–Kier alpha value is -3.62. The second kappa shape index (κ2) is 9.73. The van der Waals surface area contributed by atoms with Gasteiger partial charge in [-0.1, -0.05) is 0 Å². The summed E-state index contributed by atoms with van der Waals surface area (Å²) in [6.45, 7) is -0.612. The molecule has 0 atom stereocenters. The topological polar surface area (TPSA) is 74.0 Å². The molecule has 158 valence electrons. The van der Waals surface area contributed by atoms with E-state index in [4.69, 9.17) is 13.9 Å². The summed E-state index contributed by atoms with van der Waals surface area (Å²) >= 11 is 0. The molecule has 0 radical (unpaired) electrons. The van der Waals surface area contributed by atoms with Crippen LogP contribution in [0, 0.1) is 0 Å². The number of alkyl halides is 2. The van der Waals surface area contributed by atoms with Gasteiger partial charge in [0.1, 0.15) is 6.26 Å². The van der Waals surface area contributed by atoms with Crippen LogP contribution >= 0.6 is 0 Å². The number of rotatable bonds is 9. The highest BCUT2D eigenvalue weighted by molar-refractivity contribution is 5.89. The van der Waals surface area contributed by atoms with Crippen molar-refractivity contribution in [3.63, 3.8) is 0 Å². The summed E-state index contributed by atoms with van der Waals surface area (Å²) in [6.07, 6.45) is 2.83. The number of carbonyl (C=O) groups excluding carboxylic acids is 1. The van der Waals surface area contributed by atoms with E-state index in [9.17, 15) is 13.6 Å². The number of nitrogens with zero attached hydrogens (tertiary/aromatic N) is 2. The predicted molar refractivity (Wildman–Crippen MR) is 104 cm³/mol. The van der Waals surface area contributed by atoms with E-state index in [0.717, 1.165) is 5.69 Å². The number of esters is 1. The molecule has 0 N–H and O–H groups in total. The van der Waals surface area contributed by atoms with Gasteiger partial charge in [0.05, 0.1) is 31.5 Å². The lowest BCUT2D eigenvalue weighted by molar-refractivity contribution is -0.0514. The first-order valence-corrected chi connectivity index (χ1v) is 9.06. The Morgan fingerprint density at radius 2 is 1.87 bits per heavy atom. The van der Waals surface area contributed by atoms with Gasteiger partial charge in [-0.2, -0.15) is 8.78 Å². The lowest BCUT2D eigenvalue weighted by atomic mass is 10.1. The van der Waals surface area contributed by atoms with Crippen LogP contribution in [0.4, 0.5) is 20.2 Å². The maximum absolute atomic E-state index is 12.7. The number of benzene rings is 2. The molecule has 0 aliphatic rings. The molecule has 1 aromatic heterocycles. The summed E-state index contributed by atoms with van der Waals surface area (Å²) in [7, 11) is 1.31. The van der Waals surface area contributed by atoms with Gasteiger partial charge < -0.3 is 23.5 Å². The van der Waals surface area contributed by atoms with Crippen LogP contribution in [0.2, 0.25) is 0 Å². The number of carbonyl (C=O) groups is 1. The highest BCUT2D eigenvalue weighted by Gasteiger charge is 2.17. The number of anilines is 2. The number of halogens is 2. The van der Waals surface area contributed by atoms with Crippen LogP contribution in [0.5, 0.6) is 11.5 Å². The third-order valence-electron chi connectivity index (χ3n) is 4.16. The summed E-state index contributed by atoms with van der Waals surface area (Å²) in [5.74, 6) is -0.318. The summed E-state index contributed by atoms with van der Waals surface area (Å²) in [6, 6.07) is 11.4.